The lowest BCUT2D eigenvalue weighted by molar-refractivity contribution is 0.122. The fraction of sp³-hybridized carbons (Fsp3) is 0.316. The van der Waals surface area contributed by atoms with Crippen molar-refractivity contribution in [1.29, 1.82) is 0 Å². The minimum absolute atomic E-state index is 0.0301. The fourth-order valence-corrected chi connectivity index (χ4v) is 3.53. The van der Waals surface area contributed by atoms with Crippen molar-refractivity contribution in [2.75, 3.05) is 44.0 Å². The van der Waals surface area contributed by atoms with Gasteiger partial charge in [-0.1, -0.05) is 0 Å². The number of nitrogens with two attached hydrogens (primary N) is 1. The summed E-state index contributed by atoms with van der Waals surface area (Å²) in [6, 6.07) is 4.76. The summed E-state index contributed by atoms with van der Waals surface area (Å²) in [7, 11) is 1.42. The molecule has 166 valence electrons. The predicted molar refractivity (Wildman–Crippen MR) is 111 cm³/mol. The van der Waals surface area contributed by atoms with E-state index in [1.807, 2.05) is 4.90 Å². The Morgan fingerprint density at radius 1 is 1.06 bits per heavy atom. The zero-order valence-corrected chi connectivity index (χ0v) is 17.0. The number of nitrogens with zero attached hydrogens (tertiary/aromatic N) is 8. The summed E-state index contributed by atoms with van der Waals surface area (Å²) in [5.41, 5.74) is 6.84. The molecule has 0 amide bonds. The van der Waals surface area contributed by atoms with Crippen LogP contribution in [0.2, 0.25) is 0 Å². The number of rotatable bonds is 5. The first-order valence-electron chi connectivity index (χ1n) is 9.78. The van der Waals surface area contributed by atoms with E-state index in [0.717, 1.165) is 0 Å². The minimum atomic E-state index is -2.90. The minimum Gasteiger partial charge on any atom is -0.494 e. The van der Waals surface area contributed by atoms with E-state index in [2.05, 4.69) is 25.0 Å². The molecular weight excluding hydrogens is 424 g/mol. The van der Waals surface area contributed by atoms with Crippen molar-refractivity contribution >= 4 is 22.7 Å². The third kappa shape index (κ3) is 3.45. The Balaban J connectivity index is 1.77. The average Bonchev–Trinajstić information content (AvgIpc) is 3.47. The summed E-state index contributed by atoms with van der Waals surface area (Å²) in [4.78, 5) is 19.4. The van der Waals surface area contributed by atoms with Gasteiger partial charge in [0.1, 0.15) is 11.3 Å². The molecule has 1 aliphatic rings. The Labute approximate surface area is 180 Å². The molecule has 4 heterocycles. The average molecular weight is 443 g/mol. The van der Waals surface area contributed by atoms with Crippen LogP contribution in [0.5, 0.6) is 5.75 Å². The molecule has 11 nitrogen and oxygen atoms in total. The molecular formula is C19H19F2N9O2. The monoisotopic (exact) mass is 443 g/mol. The molecule has 1 saturated heterocycles. The van der Waals surface area contributed by atoms with Gasteiger partial charge in [-0.15, -0.1) is 0 Å². The van der Waals surface area contributed by atoms with Crippen LogP contribution in [0.1, 0.15) is 12.2 Å². The van der Waals surface area contributed by atoms with Crippen molar-refractivity contribution in [3.63, 3.8) is 0 Å². The molecule has 2 N–H and O–H groups in total. The van der Waals surface area contributed by atoms with Crippen LogP contribution in [0.3, 0.4) is 0 Å². The van der Waals surface area contributed by atoms with Crippen LogP contribution in [0.15, 0.2) is 30.6 Å². The van der Waals surface area contributed by atoms with E-state index in [1.165, 1.54) is 28.5 Å². The molecule has 0 atom stereocenters. The lowest BCUT2D eigenvalue weighted by Gasteiger charge is -2.27. The van der Waals surface area contributed by atoms with Crippen molar-refractivity contribution in [3.05, 3.63) is 36.4 Å². The third-order valence-electron chi connectivity index (χ3n) is 4.99. The van der Waals surface area contributed by atoms with Gasteiger partial charge in [0.15, 0.2) is 5.82 Å². The smallest absolute Gasteiger partial charge is 0.296 e. The lowest BCUT2D eigenvalue weighted by atomic mass is 10.2. The number of anilines is 2. The molecule has 1 aromatic carbocycles. The number of imidazole rings is 1. The molecule has 1 fully saturated rings. The van der Waals surface area contributed by atoms with Crippen molar-refractivity contribution in [3.8, 4) is 17.6 Å². The lowest BCUT2D eigenvalue weighted by Crippen LogP contribution is -2.37. The normalized spacial score (nSPS) is 14.4. The molecule has 32 heavy (non-hydrogen) atoms. The quantitative estimate of drug-likeness (QED) is 0.460. The molecule has 3 aromatic heterocycles. The second-order valence-electron chi connectivity index (χ2n) is 6.98. The number of hydrogen-bond donors (Lipinski definition) is 1. The van der Waals surface area contributed by atoms with Gasteiger partial charge >= 0.3 is 0 Å². The first-order valence-corrected chi connectivity index (χ1v) is 9.78. The van der Waals surface area contributed by atoms with Gasteiger partial charge in [0.05, 0.1) is 25.8 Å². The highest BCUT2D eigenvalue weighted by Gasteiger charge is 2.26. The number of halogens is 2. The van der Waals surface area contributed by atoms with E-state index < -0.39 is 12.2 Å². The zero-order valence-electron chi connectivity index (χ0n) is 17.0. The SMILES string of the molecule is COc1cc(N)cc2c1nc(C(F)F)n2-c1nc(N2CCOCC2)nc(-n2cccn2)n1. The Morgan fingerprint density at radius 2 is 1.81 bits per heavy atom. The summed E-state index contributed by atoms with van der Waals surface area (Å²) < 4.78 is 41.4. The number of hydrogen-bond acceptors (Lipinski definition) is 9. The molecule has 0 bridgehead atoms. The Kier molecular flexibility index (Phi) is 5.01. The highest BCUT2D eigenvalue weighted by molar-refractivity contribution is 5.87. The maximum absolute atomic E-state index is 14.0. The standard InChI is InChI=1S/C19H19F2N9O2/c1-31-13-10-11(22)9-12-14(13)24-16(15(20)21)30(12)19-26-17(28-5-7-32-8-6-28)25-18(27-19)29-4-2-3-23-29/h2-4,9-10,15H,5-8,22H2,1H3. The molecule has 0 radical (unpaired) electrons. The number of aromatic nitrogens is 7. The third-order valence-corrected chi connectivity index (χ3v) is 4.99. The van der Waals surface area contributed by atoms with Gasteiger partial charge in [-0.2, -0.15) is 20.1 Å². The molecule has 13 heteroatoms. The summed E-state index contributed by atoms with van der Waals surface area (Å²) in [5.74, 6) is 0.212. The van der Waals surface area contributed by atoms with Gasteiger partial charge < -0.3 is 20.1 Å². The number of fused-ring (bicyclic) bond motifs is 1. The number of methoxy groups -OCH3 is 1. The highest BCUT2D eigenvalue weighted by atomic mass is 19.3. The second kappa shape index (κ2) is 8.00. The van der Waals surface area contributed by atoms with E-state index in [-0.39, 0.29) is 23.2 Å². The Bertz CT molecular complexity index is 1250. The molecule has 0 aliphatic carbocycles. The van der Waals surface area contributed by atoms with Crippen LogP contribution in [0, 0.1) is 0 Å². The van der Waals surface area contributed by atoms with Crippen LogP contribution in [0.4, 0.5) is 20.4 Å². The van der Waals surface area contributed by atoms with E-state index in [0.29, 0.717) is 43.5 Å². The van der Waals surface area contributed by atoms with E-state index in [9.17, 15) is 8.78 Å². The van der Waals surface area contributed by atoms with Crippen molar-refractivity contribution in [1.82, 2.24) is 34.3 Å². The van der Waals surface area contributed by atoms with Gasteiger partial charge in [-0.05, 0) is 12.1 Å². The maximum atomic E-state index is 14.0. The van der Waals surface area contributed by atoms with Gasteiger partial charge in [0.25, 0.3) is 12.4 Å². The van der Waals surface area contributed by atoms with Gasteiger partial charge in [0.2, 0.25) is 11.9 Å². The fourth-order valence-electron chi connectivity index (χ4n) is 3.53. The van der Waals surface area contributed by atoms with Gasteiger partial charge in [-0.25, -0.2) is 18.4 Å². The second-order valence-corrected chi connectivity index (χ2v) is 6.98. The molecule has 0 unspecified atom stereocenters. The van der Waals surface area contributed by atoms with Gasteiger partial charge in [0, 0.05) is 37.2 Å². The van der Waals surface area contributed by atoms with Crippen LogP contribution in [-0.4, -0.2) is 67.7 Å². The van der Waals surface area contributed by atoms with Crippen LogP contribution in [0.25, 0.3) is 22.9 Å². The molecule has 4 aromatic rings. The Hall–Kier alpha value is -3.87. The summed E-state index contributed by atoms with van der Waals surface area (Å²) >= 11 is 0. The van der Waals surface area contributed by atoms with Crippen LogP contribution in [-0.2, 0) is 4.74 Å². The molecule has 1 aliphatic heterocycles. The number of alkyl halides is 2. The summed E-state index contributed by atoms with van der Waals surface area (Å²) in [5, 5.41) is 4.16. The van der Waals surface area contributed by atoms with Crippen molar-refractivity contribution < 1.29 is 18.3 Å². The summed E-state index contributed by atoms with van der Waals surface area (Å²) in [6.45, 7) is 2.11. The van der Waals surface area contributed by atoms with E-state index in [1.54, 1.807) is 18.5 Å². The van der Waals surface area contributed by atoms with Crippen LogP contribution < -0.4 is 15.4 Å². The number of morpholine rings is 1. The first-order chi connectivity index (χ1) is 15.5. The van der Waals surface area contributed by atoms with Gasteiger partial charge in [-0.3, -0.25) is 4.57 Å². The molecule has 5 rings (SSSR count). The van der Waals surface area contributed by atoms with Crippen molar-refractivity contribution in [2.24, 2.45) is 0 Å². The van der Waals surface area contributed by atoms with Crippen LogP contribution >= 0.6 is 0 Å². The maximum Gasteiger partial charge on any atom is 0.296 e. The van der Waals surface area contributed by atoms with E-state index in [4.69, 9.17) is 15.2 Å². The topological polar surface area (TPSA) is 122 Å². The zero-order chi connectivity index (χ0) is 22.2. The van der Waals surface area contributed by atoms with E-state index >= 15 is 0 Å². The molecule has 0 saturated carbocycles. The number of ether oxygens (including phenoxy) is 2. The molecule has 0 spiro atoms. The number of nitrogen functional groups attached to an aromatic ring is 1. The Morgan fingerprint density at radius 3 is 2.50 bits per heavy atom. The highest BCUT2D eigenvalue weighted by Crippen LogP contribution is 2.34. The largest absolute Gasteiger partial charge is 0.494 e. The number of benzene rings is 1. The van der Waals surface area contributed by atoms with Crippen molar-refractivity contribution in [2.45, 2.75) is 6.43 Å². The predicted octanol–water partition coefficient (Wildman–Crippen LogP) is 1.76. The first kappa shape index (κ1) is 20.1. The summed E-state index contributed by atoms with van der Waals surface area (Å²) in [6.07, 6.45) is 0.328.